The first kappa shape index (κ1) is 12.9. The van der Waals surface area contributed by atoms with Crippen LogP contribution in [0.1, 0.15) is 35.6 Å². The Labute approximate surface area is 125 Å². The summed E-state index contributed by atoms with van der Waals surface area (Å²) in [6.07, 6.45) is 4.31. The zero-order valence-corrected chi connectivity index (χ0v) is 12.0. The summed E-state index contributed by atoms with van der Waals surface area (Å²) in [6, 6.07) is 16.5. The smallest absolute Gasteiger partial charge is 0.119 e. The van der Waals surface area contributed by atoms with Crippen molar-refractivity contribution >= 4 is 0 Å². The molecule has 1 saturated carbocycles. The Morgan fingerprint density at radius 3 is 2.10 bits per heavy atom. The maximum atomic E-state index is 10.6. The fraction of sp³-hybridized carbons (Fsp3) is 0.368. The number of benzene rings is 2. The molecule has 1 unspecified atom stereocenters. The van der Waals surface area contributed by atoms with Gasteiger partial charge >= 0.3 is 0 Å². The van der Waals surface area contributed by atoms with Gasteiger partial charge in [0.25, 0.3) is 0 Å². The quantitative estimate of drug-likeness (QED) is 0.926. The van der Waals surface area contributed by atoms with Gasteiger partial charge in [-0.15, -0.1) is 0 Å². The van der Waals surface area contributed by atoms with Crippen molar-refractivity contribution in [3.05, 3.63) is 65.2 Å². The number of rotatable bonds is 4. The van der Waals surface area contributed by atoms with Crippen LogP contribution >= 0.6 is 0 Å². The van der Waals surface area contributed by atoms with Crippen molar-refractivity contribution in [1.82, 2.24) is 0 Å². The van der Waals surface area contributed by atoms with Crippen molar-refractivity contribution in [2.45, 2.75) is 37.9 Å². The van der Waals surface area contributed by atoms with E-state index in [0.29, 0.717) is 6.10 Å². The van der Waals surface area contributed by atoms with Crippen LogP contribution < -0.4 is 4.74 Å². The average Bonchev–Trinajstić information content (AvgIpc) is 3.22. The summed E-state index contributed by atoms with van der Waals surface area (Å²) in [5.41, 5.74) is 3.77. The molecular weight excluding hydrogens is 260 g/mol. The first-order valence-electron chi connectivity index (χ1n) is 7.81. The second kappa shape index (κ2) is 5.19. The van der Waals surface area contributed by atoms with Crippen LogP contribution in [0.2, 0.25) is 0 Å². The molecule has 1 N–H and O–H groups in total. The molecule has 4 rings (SSSR count). The van der Waals surface area contributed by atoms with E-state index in [4.69, 9.17) is 4.74 Å². The number of aliphatic hydroxyl groups is 1. The molecule has 0 aliphatic heterocycles. The molecule has 2 aliphatic rings. The molecule has 2 aromatic rings. The monoisotopic (exact) mass is 280 g/mol. The van der Waals surface area contributed by atoms with Crippen LogP contribution in [0.3, 0.4) is 0 Å². The first-order chi connectivity index (χ1) is 10.3. The second-order valence-corrected chi connectivity index (χ2v) is 6.27. The van der Waals surface area contributed by atoms with Gasteiger partial charge in [0, 0.05) is 0 Å². The van der Waals surface area contributed by atoms with E-state index in [1.807, 2.05) is 24.3 Å². The van der Waals surface area contributed by atoms with Gasteiger partial charge in [0.1, 0.15) is 5.75 Å². The third-order valence-electron chi connectivity index (χ3n) is 4.58. The van der Waals surface area contributed by atoms with E-state index >= 15 is 0 Å². The van der Waals surface area contributed by atoms with Crippen LogP contribution in [0, 0.1) is 5.92 Å². The largest absolute Gasteiger partial charge is 0.490 e. The molecule has 1 atom stereocenters. The van der Waals surface area contributed by atoms with Gasteiger partial charge in [-0.25, -0.2) is 0 Å². The number of fused-ring (bicyclic) bond motifs is 1. The lowest BCUT2D eigenvalue weighted by molar-refractivity contribution is 0.113. The van der Waals surface area contributed by atoms with Gasteiger partial charge in [-0.05, 0) is 60.4 Å². The number of hydrogen-bond donors (Lipinski definition) is 1. The first-order valence-corrected chi connectivity index (χ1v) is 7.81. The molecule has 108 valence electrons. The van der Waals surface area contributed by atoms with Crippen molar-refractivity contribution in [2.24, 2.45) is 5.92 Å². The molecule has 1 fully saturated rings. The van der Waals surface area contributed by atoms with E-state index in [-0.39, 0.29) is 5.92 Å². The third kappa shape index (κ3) is 2.68. The van der Waals surface area contributed by atoms with Crippen molar-refractivity contribution in [3.8, 4) is 5.75 Å². The summed E-state index contributed by atoms with van der Waals surface area (Å²) in [5.74, 6) is 1.21. The summed E-state index contributed by atoms with van der Waals surface area (Å²) >= 11 is 0. The van der Waals surface area contributed by atoms with E-state index in [1.54, 1.807) is 0 Å². The molecule has 0 radical (unpaired) electrons. The van der Waals surface area contributed by atoms with Gasteiger partial charge in [0.15, 0.2) is 0 Å². The second-order valence-electron chi connectivity index (χ2n) is 6.27. The van der Waals surface area contributed by atoms with Crippen molar-refractivity contribution < 1.29 is 9.84 Å². The topological polar surface area (TPSA) is 29.5 Å². The normalized spacial score (nSPS) is 19.3. The van der Waals surface area contributed by atoms with E-state index in [9.17, 15) is 5.11 Å². The van der Waals surface area contributed by atoms with Crippen LogP contribution in [0.15, 0.2) is 48.5 Å². The number of aliphatic hydroxyl groups excluding tert-OH is 1. The summed E-state index contributed by atoms with van der Waals surface area (Å²) in [6.45, 7) is 0. The Balaban J connectivity index is 1.46. The van der Waals surface area contributed by atoms with E-state index < -0.39 is 6.10 Å². The number of ether oxygens (including phenoxy) is 1. The van der Waals surface area contributed by atoms with Crippen LogP contribution in [-0.2, 0) is 12.8 Å². The molecule has 0 bridgehead atoms. The highest BCUT2D eigenvalue weighted by Gasteiger charge is 2.28. The Morgan fingerprint density at radius 1 is 0.905 bits per heavy atom. The predicted octanol–water partition coefficient (Wildman–Crippen LogP) is 3.68. The summed E-state index contributed by atoms with van der Waals surface area (Å²) in [5, 5.41) is 10.6. The fourth-order valence-electron chi connectivity index (χ4n) is 3.21. The van der Waals surface area contributed by atoms with Gasteiger partial charge in [-0.1, -0.05) is 36.4 Å². The Bertz CT molecular complexity index is 603. The highest BCUT2D eigenvalue weighted by molar-refractivity contribution is 5.35. The molecule has 21 heavy (non-hydrogen) atoms. The minimum atomic E-state index is -0.396. The minimum absolute atomic E-state index is 0.289. The maximum Gasteiger partial charge on any atom is 0.119 e. The van der Waals surface area contributed by atoms with E-state index in [0.717, 1.165) is 24.2 Å². The lowest BCUT2D eigenvalue weighted by atomic mass is 9.93. The summed E-state index contributed by atoms with van der Waals surface area (Å²) < 4.78 is 5.75. The summed E-state index contributed by atoms with van der Waals surface area (Å²) in [4.78, 5) is 0. The zero-order valence-electron chi connectivity index (χ0n) is 12.0. The van der Waals surface area contributed by atoms with Gasteiger partial charge < -0.3 is 9.84 Å². The molecule has 0 amide bonds. The molecule has 0 spiro atoms. The van der Waals surface area contributed by atoms with Crippen molar-refractivity contribution in [1.29, 1.82) is 0 Å². The molecule has 0 saturated heterocycles. The highest BCUT2D eigenvalue weighted by atomic mass is 16.5. The SMILES string of the molecule is OC(c1ccc(OC2CC2)cc1)C1Cc2ccccc2C1. The molecule has 2 aliphatic carbocycles. The maximum absolute atomic E-state index is 10.6. The van der Waals surface area contributed by atoms with Crippen LogP contribution in [0.25, 0.3) is 0 Å². The van der Waals surface area contributed by atoms with Crippen LogP contribution in [-0.4, -0.2) is 11.2 Å². The Kier molecular flexibility index (Phi) is 3.19. The van der Waals surface area contributed by atoms with Crippen molar-refractivity contribution in [2.75, 3.05) is 0 Å². The van der Waals surface area contributed by atoms with E-state index in [2.05, 4.69) is 24.3 Å². The Hall–Kier alpha value is -1.80. The van der Waals surface area contributed by atoms with Crippen LogP contribution in [0.5, 0.6) is 5.75 Å². The highest BCUT2D eigenvalue weighted by Crippen LogP contribution is 2.36. The standard InChI is InChI=1S/C19H20O2/c20-19(16-11-14-3-1-2-4-15(14)12-16)13-5-7-17(8-6-13)21-18-9-10-18/h1-8,16,18-20H,9-12H2. The minimum Gasteiger partial charge on any atom is -0.490 e. The van der Waals surface area contributed by atoms with Crippen molar-refractivity contribution in [3.63, 3.8) is 0 Å². The molecule has 2 heteroatoms. The Morgan fingerprint density at radius 2 is 1.52 bits per heavy atom. The lowest BCUT2D eigenvalue weighted by Crippen LogP contribution is -2.12. The van der Waals surface area contributed by atoms with E-state index in [1.165, 1.54) is 24.0 Å². The van der Waals surface area contributed by atoms with Crippen LogP contribution in [0.4, 0.5) is 0 Å². The third-order valence-corrected chi connectivity index (χ3v) is 4.58. The van der Waals surface area contributed by atoms with Gasteiger partial charge in [-0.3, -0.25) is 0 Å². The molecule has 2 aromatic carbocycles. The van der Waals surface area contributed by atoms with Gasteiger partial charge in [-0.2, -0.15) is 0 Å². The summed E-state index contributed by atoms with van der Waals surface area (Å²) in [7, 11) is 0. The predicted molar refractivity (Wildman–Crippen MR) is 82.4 cm³/mol. The molecule has 2 nitrogen and oxygen atoms in total. The fourth-order valence-corrected chi connectivity index (χ4v) is 3.21. The van der Waals surface area contributed by atoms with Gasteiger partial charge in [0.2, 0.25) is 0 Å². The molecule has 0 heterocycles. The molecule has 0 aromatic heterocycles. The lowest BCUT2D eigenvalue weighted by Gasteiger charge is -2.18. The van der Waals surface area contributed by atoms with Gasteiger partial charge in [0.05, 0.1) is 12.2 Å². The number of hydrogen-bond acceptors (Lipinski definition) is 2. The molecular formula is C19H20O2. The average molecular weight is 280 g/mol. The zero-order chi connectivity index (χ0) is 14.2.